The molecule has 0 radical (unpaired) electrons. The minimum absolute atomic E-state index is 0. The lowest BCUT2D eigenvalue weighted by atomic mass is 9.88. The maximum absolute atomic E-state index is 12.5. The number of rotatable bonds is 5. The smallest absolute Gasteiger partial charge is 0.220 e. The van der Waals surface area contributed by atoms with Crippen LogP contribution in [0.3, 0.4) is 0 Å². The molecule has 1 amide bonds. The SMILES string of the molecule is CC(C)(Cc1ccccc1Cl)NC(=O)CC1CC2CCC(C1)N2.Cl. The van der Waals surface area contributed by atoms with E-state index in [0.29, 0.717) is 24.4 Å². The third-order valence-corrected chi connectivity index (χ3v) is 5.48. The van der Waals surface area contributed by atoms with Gasteiger partial charge in [0.15, 0.2) is 0 Å². The molecule has 0 spiro atoms. The molecule has 0 aromatic heterocycles. The fourth-order valence-corrected chi connectivity index (χ4v) is 4.40. The van der Waals surface area contributed by atoms with Crippen molar-refractivity contribution in [2.75, 3.05) is 0 Å². The van der Waals surface area contributed by atoms with Gasteiger partial charge in [0.1, 0.15) is 0 Å². The summed E-state index contributed by atoms with van der Waals surface area (Å²) >= 11 is 6.24. The largest absolute Gasteiger partial charge is 0.351 e. The highest BCUT2D eigenvalue weighted by molar-refractivity contribution is 6.31. The Balaban J connectivity index is 0.00000208. The van der Waals surface area contributed by atoms with Crippen LogP contribution in [-0.4, -0.2) is 23.5 Å². The lowest BCUT2D eigenvalue weighted by molar-refractivity contribution is -0.123. The molecule has 2 atom stereocenters. The molecule has 0 saturated carbocycles. The molecule has 134 valence electrons. The number of fused-ring (bicyclic) bond motifs is 2. The van der Waals surface area contributed by atoms with Gasteiger partial charge in [-0.3, -0.25) is 4.79 Å². The fraction of sp³-hybridized carbons (Fsp3) is 0.632. The highest BCUT2D eigenvalue weighted by Gasteiger charge is 2.34. The Bertz CT molecular complexity index is 564. The van der Waals surface area contributed by atoms with Crippen molar-refractivity contribution in [3.63, 3.8) is 0 Å². The molecule has 2 N–H and O–H groups in total. The Labute approximate surface area is 156 Å². The Kier molecular flexibility index (Phi) is 6.58. The van der Waals surface area contributed by atoms with E-state index >= 15 is 0 Å². The van der Waals surface area contributed by atoms with Gasteiger partial charge >= 0.3 is 0 Å². The summed E-state index contributed by atoms with van der Waals surface area (Å²) in [6.07, 6.45) is 6.25. The molecule has 2 saturated heterocycles. The second-order valence-corrected chi connectivity index (χ2v) is 8.29. The van der Waals surface area contributed by atoms with Crippen molar-refractivity contribution in [2.45, 2.75) is 70.0 Å². The van der Waals surface area contributed by atoms with E-state index in [4.69, 9.17) is 11.6 Å². The second-order valence-electron chi connectivity index (χ2n) is 7.88. The van der Waals surface area contributed by atoms with Crippen LogP contribution in [0.2, 0.25) is 5.02 Å². The third-order valence-electron chi connectivity index (χ3n) is 5.11. The first-order valence-electron chi connectivity index (χ1n) is 8.72. The fourth-order valence-electron chi connectivity index (χ4n) is 4.19. The van der Waals surface area contributed by atoms with Crippen molar-refractivity contribution in [1.29, 1.82) is 0 Å². The van der Waals surface area contributed by atoms with E-state index < -0.39 is 0 Å². The summed E-state index contributed by atoms with van der Waals surface area (Å²) in [6, 6.07) is 9.14. The predicted octanol–water partition coefficient (Wildman–Crippen LogP) is 4.12. The van der Waals surface area contributed by atoms with Crippen molar-refractivity contribution in [3.8, 4) is 0 Å². The zero-order chi connectivity index (χ0) is 16.4. The standard InChI is InChI=1S/C19H27ClN2O.ClH/c1-19(2,12-14-5-3-4-6-17(14)20)22-18(23)11-13-9-15-7-8-16(10-13)21-15;/h3-6,13,15-16,21H,7-12H2,1-2H3,(H,22,23);1H. The highest BCUT2D eigenvalue weighted by Crippen LogP contribution is 2.32. The zero-order valence-electron chi connectivity index (χ0n) is 14.5. The molecule has 24 heavy (non-hydrogen) atoms. The summed E-state index contributed by atoms with van der Waals surface area (Å²) in [5.41, 5.74) is 0.799. The number of carbonyl (C=O) groups is 1. The quantitative estimate of drug-likeness (QED) is 0.818. The summed E-state index contributed by atoms with van der Waals surface area (Å²) in [5, 5.41) is 7.61. The lowest BCUT2D eigenvalue weighted by Gasteiger charge is -2.31. The molecular formula is C19H28Cl2N2O. The average molecular weight is 371 g/mol. The number of hydrogen-bond donors (Lipinski definition) is 2. The van der Waals surface area contributed by atoms with Crippen LogP contribution in [0.1, 0.15) is 51.5 Å². The van der Waals surface area contributed by atoms with E-state index in [-0.39, 0.29) is 23.9 Å². The van der Waals surface area contributed by atoms with Gasteiger partial charge in [-0.2, -0.15) is 0 Å². The number of amides is 1. The van der Waals surface area contributed by atoms with Gasteiger partial charge in [0, 0.05) is 29.1 Å². The van der Waals surface area contributed by atoms with Crippen LogP contribution >= 0.6 is 24.0 Å². The second kappa shape index (κ2) is 8.07. The summed E-state index contributed by atoms with van der Waals surface area (Å²) in [7, 11) is 0. The van der Waals surface area contributed by atoms with Gasteiger partial charge in [0.05, 0.1) is 0 Å². The average Bonchev–Trinajstić information content (AvgIpc) is 2.79. The number of piperidine rings is 1. The highest BCUT2D eigenvalue weighted by atomic mass is 35.5. The molecule has 2 bridgehead atoms. The Morgan fingerprint density at radius 1 is 1.25 bits per heavy atom. The first-order valence-corrected chi connectivity index (χ1v) is 9.09. The topological polar surface area (TPSA) is 41.1 Å². The molecule has 5 heteroatoms. The van der Waals surface area contributed by atoms with E-state index in [2.05, 4.69) is 24.5 Å². The first-order chi connectivity index (χ1) is 10.9. The molecule has 1 aromatic rings. The minimum atomic E-state index is -0.284. The number of hydrogen-bond acceptors (Lipinski definition) is 2. The maximum Gasteiger partial charge on any atom is 0.220 e. The van der Waals surface area contributed by atoms with Crippen molar-refractivity contribution in [3.05, 3.63) is 34.9 Å². The van der Waals surface area contributed by atoms with Crippen LogP contribution in [0, 0.1) is 5.92 Å². The van der Waals surface area contributed by atoms with Gasteiger partial charge in [-0.1, -0.05) is 29.8 Å². The number of benzene rings is 1. The summed E-state index contributed by atoms with van der Waals surface area (Å²) in [6.45, 7) is 4.14. The lowest BCUT2D eigenvalue weighted by Crippen LogP contribution is -2.46. The molecule has 1 aromatic carbocycles. The number of nitrogens with one attached hydrogen (secondary N) is 2. The Hall–Kier alpha value is -0.770. The summed E-state index contributed by atoms with van der Waals surface area (Å²) < 4.78 is 0. The molecule has 2 heterocycles. The van der Waals surface area contributed by atoms with E-state index in [1.54, 1.807) is 0 Å². The van der Waals surface area contributed by atoms with Crippen molar-refractivity contribution in [1.82, 2.24) is 10.6 Å². The van der Waals surface area contributed by atoms with Crippen molar-refractivity contribution < 1.29 is 4.79 Å². The van der Waals surface area contributed by atoms with Crippen molar-refractivity contribution in [2.24, 2.45) is 5.92 Å². The van der Waals surface area contributed by atoms with Gasteiger partial charge in [-0.25, -0.2) is 0 Å². The molecule has 2 aliphatic rings. The Morgan fingerprint density at radius 3 is 2.50 bits per heavy atom. The summed E-state index contributed by atoms with van der Waals surface area (Å²) in [4.78, 5) is 12.5. The predicted molar refractivity (Wildman–Crippen MR) is 102 cm³/mol. The van der Waals surface area contributed by atoms with E-state index in [9.17, 15) is 4.79 Å². The van der Waals surface area contributed by atoms with E-state index in [1.807, 2.05) is 24.3 Å². The Morgan fingerprint density at radius 2 is 1.88 bits per heavy atom. The van der Waals surface area contributed by atoms with Gasteiger partial charge in [-0.05, 0) is 63.5 Å². The molecular weight excluding hydrogens is 343 g/mol. The van der Waals surface area contributed by atoms with E-state index in [1.165, 1.54) is 12.8 Å². The van der Waals surface area contributed by atoms with Gasteiger partial charge in [-0.15, -0.1) is 12.4 Å². The number of carbonyl (C=O) groups excluding carboxylic acids is 1. The first kappa shape index (κ1) is 19.6. The summed E-state index contributed by atoms with van der Waals surface area (Å²) in [5.74, 6) is 0.707. The molecule has 2 fully saturated rings. The van der Waals surface area contributed by atoms with Crippen LogP contribution in [0.25, 0.3) is 0 Å². The molecule has 3 nitrogen and oxygen atoms in total. The van der Waals surface area contributed by atoms with Gasteiger partial charge < -0.3 is 10.6 Å². The van der Waals surface area contributed by atoms with Crippen LogP contribution in [0.4, 0.5) is 0 Å². The van der Waals surface area contributed by atoms with Crippen LogP contribution in [0.15, 0.2) is 24.3 Å². The van der Waals surface area contributed by atoms with Crippen LogP contribution < -0.4 is 10.6 Å². The van der Waals surface area contributed by atoms with Crippen LogP contribution in [-0.2, 0) is 11.2 Å². The minimum Gasteiger partial charge on any atom is -0.351 e. The molecule has 3 rings (SSSR count). The zero-order valence-corrected chi connectivity index (χ0v) is 16.1. The maximum atomic E-state index is 12.5. The van der Waals surface area contributed by atoms with Gasteiger partial charge in [0.25, 0.3) is 0 Å². The number of halogens is 2. The molecule has 2 unspecified atom stereocenters. The monoisotopic (exact) mass is 370 g/mol. The van der Waals surface area contributed by atoms with Gasteiger partial charge in [0.2, 0.25) is 5.91 Å². The van der Waals surface area contributed by atoms with Crippen molar-refractivity contribution >= 4 is 29.9 Å². The molecule has 0 aliphatic carbocycles. The normalized spacial score (nSPS) is 25.9. The molecule has 2 aliphatic heterocycles. The van der Waals surface area contributed by atoms with Crippen LogP contribution in [0.5, 0.6) is 0 Å². The van der Waals surface area contributed by atoms with E-state index in [0.717, 1.165) is 29.8 Å². The third kappa shape index (κ3) is 5.11.